The smallest absolute Gasteiger partial charge is 0.317 e. The maximum Gasteiger partial charge on any atom is 0.317 e. The molecule has 24 heavy (non-hydrogen) atoms. The Bertz CT molecular complexity index is 641. The number of benzene rings is 1. The highest BCUT2D eigenvalue weighted by atomic mass is 16.2. The number of para-hydroxylation sites is 1. The summed E-state index contributed by atoms with van der Waals surface area (Å²) in [6.45, 7) is 1.93. The summed E-state index contributed by atoms with van der Waals surface area (Å²) < 4.78 is 0. The van der Waals surface area contributed by atoms with Crippen LogP contribution >= 0.6 is 0 Å². The second-order valence-corrected chi connectivity index (χ2v) is 7.18. The number of likely N-dealkylation sites (tertiary alicyclic amines) is 1. The van der Waals surface area contributed by atoms with E-state index in [-0.39, 0.29) is 11.9 Å². The predicted molar refractivity (Wildman–Crippen MR) is 93.0 cm³/mol. The summed E-state index contributed by atoms with van der Waals surface area (Å²) in [7, 11) is 0. The van der Waals surface area contributed by atoms with Gasteiger partial charge in [-0.05, 0) is 43.2 Å². The third kappa shape index (κ3) is 2.76. The fourth-order valence-electron chi connectivity index (χ4n) is 4.30. The zero-order chi connectivity index (χ0) is 16.5. The third-order valence-corrected chi connectivity index (χ3v) is 5.79. The topological polar surface area (TPSA) is 52.7 Å². The lowest BCUT2D eigenvalue weighted by Crippen LogP contribution is -2.48. The molecule has 3 amide bonds. The van der Waals surface area contributed by atoms with E-state index in [0.29, 0.717) is 31.5 Å². The van der Waals surface area contributed by atoms with E-state index in [1.165, 1.54) is 19.3 Å². The zero-order valence-electron chi connectivity index (χ0n) is 14.0. The first-order chi connectivity index (χ1) is 11.7. The van der Waals surface area contributed by atoms with Crippen molar-refractivity contribution in [3.8, 4) is 0 Å². The minimum atomic E-state index is 0.0457. The molecule has 0 radical (unpaired) electrons. The summed E-state index contributed by atoms with van der Waals surface area (Å²) in [6.07, 6.45) is 6.59. The maximum atomic E-state index is 12.5. The molecule has 0 spiro atoms. The lowest BCUT2D eigenvalue weighted by atomic mass is 9.79. The lowest BCUT2D eigenvalue weighted by molar-refractivity contribution is -0.117. The van der Waals surface area contributed by atoms with Crippen molar-refractivity contribution in [3.63, 3.8) is 0 Å². The molecule has 1 saturated heterocycles. The van der Waals surface area contributed by atoms with Gasteiger partial charge in [-0.3, -0.25) is 4.79 Å². The van der Waals surface area contributed by atoms with Gasteiger partial charge in [0, 0.05) is 31.4 Å². The second-order valence-electron chi connectivity index (χ2n) is 7.18. The number of fused-ring (bicyclic) bond motifs is 1. The van der Waals surface area contributed by atoms with Crippen LogP contribution in [0.2, 0.25) is 0 Å². The molecule has 0 unspecified atom stereocenters. The number of nitrogens with one attached hydrogen (secondary N) is 1. The van der Waals surface area contributed by atoms with E-state index < -0.39 is 0 Å². The van der Waals surface area contributed by atoms with E-state index >= 15 is 0 Å². The molecule has 2 fully saturated rings. The summed E-state index contributed by atoms with van der Waals surface area (Å²) in [6, 6.07) is 8.38. The first-order valence-electron chi connectivity index (χ1n) is 9.17. The Kier molecular flexibility index (Phi) is 4.17. The average molecular weight is 327 g/mol. The van der Waals surface area contributed by atoms with Gasteiger partial charge in [-0.25, -0.2) is 4.79 Å². The molecule has 2 aliphatic heterocycles. The van der Waals surface area contributed by atoms with Crippen molar-refractivity contribution in [2.75, 3.05) is 24.5 Å². The number of hydrogen-bond donors (Lipinski definition) is 1. The number of carbonyl (C=O) groups excluding carboxylic acids is 2. The molecule has 128 valence electrons. The van der Waals surface area contributed by atoms with Crippen molar-refractivity contribution in [2.24, 2.45) is 5.92 Å². The molecule has 1 aromatic rings. The Hall–Kier alpha value is -2.04. The van der Waals surface area contributed by atoms with Crippen LogP contribution in [0.15, 0.2) is 24.3 Å². The van der Waals surface area contributed by atoms with E-state index in [0.717, 1.165) is 30.6 Å². The fourth-order valence-corrected chi connectivity index (χ4v) is 4.30. The van der Waals surface area contributed by atoms with Crippen molar-refractivity contribution in [1.82, 2.24) is 10.2 Å². The fraction of sp³-hybridized carbons (Fsp3) is 0.579. The summed E-state index contributed by atoms with van der Waals surface area (Å²) >= 11 is 0. The van der Waals surface area contributed by atoms with Crippen LogP contribution in [0.1, 0.15) is 37.7 Å². The van der Waals surface area contributed by atoms with Crippen LogP contribution in [-0.4, -0.2) is 42.5 Å². The van der Waals surface area contributed by atoms with Gasteiger partial charge in [-0.15, -0.1) is 0 Å². The minimum absolute atomic E-state index is 0.0457. The Balaban J connectivity index is 1.31. The predicted octanol–water partition coefficient (Wildman–Crippen LogP) is 2.55. The van der Waals surface area contributed by atoms with Crippen LogP contribution in [0.3, 0.4) is 0 Å². The molecule has 1 saturated carbocycles. The van der Waals surface area contributed by atoms with Gasteiger partial charge in [0.1, 0.15) is 0 Å². The van der Waals surface area contributed by atoms with Gasteiger partial charge in [-0.1, -0.05) is 24.6 Å². The first kappa shape index (κ1) is 15.5. The van der Waals surface area contributed by atoms with Crippen LogP contribution in [0, 0.1) is 5.92 Å². The van der Waals surface area contributed by atoms with E-state index in [9.17, 15) is 9.59 Å². The summed E-state index contributed by atoms with van der Waals surface area (Å²) in [4.78, 5) is 28.5. The highest BCUT2D eigenvalue weighted by molar-refractivity contribution is 6.01. The molecule has 4 rings (SSSR count). The van der Waals surface area contributed by atoms with Crippen LogP contribution < -0.4 is 10.2 Å². The maximum absolute atomic E-state index is 12.5. The molecule has 2 heterocycles. The number of carbonyl (C=O) groups is 2. The van der Waals surface area contributed by atoms with Crippen molar-refractivity contribution < 1.29 is 9.59 Å². The monoisotopic (exact) mass is 327 g/mol. The zero-order valence-corrected chi connectivity index (χ0v) is 14.0. The largest absolute Gasteiger partial charge is 0.336 e. The average Bonchev–Trinajstić information content (AvgIpc) is 3.11. The molecule has 0 aromatic heterocycles. The second kappa shape index (κ2) is 6.46. The van der Waals surface area contributed by atoms with Crippen LogP contribution in [-0.2, 0) is 11.2 Å². The van der Waals surface area contributed by atoms with Crippen molar-refractivity contribution in [2.45, 2.75) is 44.6 Å². The van der Waals surface area contributed by atoms with Gasteiger partial charge in [0.05, 0.1) is 6.42 Å². The van der Waals surface area contributed by atoms with Crippen molar-refractivity contribution in [1.29, 1.82) is 0 Å². The van der Waals surface area contributed by atoms with Crippen molar-refractivity contribution >= 4 is 17.6 Å². The number of urea groups is 1. The first-order valence-corrected chi connectivity index (χ1v) is 9.17. The Morgan fingerprint density at radius 3 is 2.79 bits per heavy atom. The normalized spacial score (nSPS) is 23.3. The quantitative estimate of drug-likeness (QED) is 0.924. The minimum Gasteiger partial charge on any atom is -0.336 e. The number of nitrogens with zero attached hydrogens (tertiary/aromatic N) is 2. The van der Waals surface area contributed by atoms with Crippen molar-refractivity contribution in [3.05, 3.63) is 29.8 Å². The molecule has 0 bridgehead atoms. The molecule has 5 nitrogen and oxygen atoms in total. The van der Waals surface area contributed by atoms with Crippen LogP contribution in [0.5, 0.6) is 0 Å². The Morgan fingerprint density at radius 1 is 1.17 bits per heavy atom. The Labute approximate surface area is 143 Å². The van der Waals surface area contributed by atoms with Gasteiger partial charge in [-0.2, -0.15) is 0 Å². The van der Waals surface area contributed by atoms with Crippen LogP contribution in [0.4, 0.5) is 10.5 Å². The van der Waals surface area contributed by atoms with Gasteiger partial charge >= 0.3 is 6.03 Å². The molecular weight excluding hydrogens is 302 g/mol. The standard InChI is InChI=1S/C19H25N3O2/c23-18-13-15-5-1-2-8-17(15)21(18)12-10-20-19(24)22-11-4-9-16(22)14-6-3-7-14/h1-2,5,8,14,16H,3-4,6-7,9-13H2,(H,20,24)/t16-/m1/s1. The van der Waals surface area contributed by atoms with Gasteiger partial charge in [0.2, 0.25) is 5.91 Å². The summed E-state index contributed by atoms with van der Waals surface area (Å²) in [5, 5.41) is 3.03. The molecule has 1 atom stereocenters. The van der Waals surface area contributed by atoms with E-state index in [1.807, 2.05) is 29.2 Å². The van der Waals surface area contributed by atoms with E-state index in [4.69, 9.17) is 0 Å². The SMILES string of the molecule is O=C1Cc2ccccc2N1CCNC(=O)N1CCC[C@@H]1C1CCC1. The Morgan fingerprint density at radius 2 is 2.00 bits per heavy atom. The molecule has 5 heteroatoms. The van der Waals surface area contributed by atoms with E-state index in [1.54, 1.807) is 4.90 Å². The molecule has 3 aliphatic rings. The van der Waals surface area contributed by atoms with Gasteiger partial charge in [0.15, 0.2) is 0 Å². The third-order valence-electron chi connectivity index (χ3n) is 5.79. The van der Waals surface area contributed by atoms with Gasteiger partial charge in [0.25, 0.3) is 0 Å². The summed E-state index contributed by atoms with van der Waals surface area (Å²) in [5.74, 6) is 0.837. The molecule has 1 N–H and O–H groups in total. The number of hydrogen-bond acceptors (Lipinski definition) is 2. The van der Waals surface area contributed by atoms with Gasteiger partial charge < -0.3 is 15.1 Å². The number of anilines is 1. The number of rotatable bonds is 4. The lowest BCUT2D eigenvalue weighted by Gasteiger charge is -2.37. The highest BCUT2D eigenvalue weighted by Crippen LogP contribution is 2.37. The molecule has 1 aliphatic carbocycles. The molecule has 1 aromatic carbocycles. The van der Waals surface area contributed by atoms with Crippen LogP contribution in [0.25, 0.3) is 0 Å². The van der Waals surface area contributed by atoms with E-state index in [2.05, 4.69) is 5.32 Å². The summed E-state index contributed by atoms with van der Waals surface area (Å²) in [5.41, 5.74) is 2.07. The highest BCUT2D eigenvalue weighted by Gasteiger charge is 2.37. The number of amides is 3. The molecular formula is C19H25N3O2.